The molecule has 0 aliphatic rings. The van der Waals surface area contributed by atoms with Gasteiger partial charge in [0.1, 0.15) is 0 Å². The van der Waals surface area contributed by atoms with Crippen molar-refractivity contribution in [3.63, 3.8) is 0 Å². The van der Waals surface area contributed by atoms with Crippen molar-refractivity contribution < 1.29 is 20.1 Å². The first-order valence-corrected chi connectivity index (χ1v) is 8.71. The molecule has 8 heteroatoms. The van der Waals surface area contributed by atoms with Crippen molar-refractivity contribution in [2.45, 2.75) is 0 Å². The molecule has 0 saturated heterocycles. The van der Waals surface area contributed by atoms with E-state index in [1.165, 1.54) is 0 Å². The van der Waals surface area contributed by atoms with Crippen LogP contribution in [-0.2, 0) is 4.74 Å². The summed E-state index contributed by atoms with van der Waals surface area (Å²) in [4.78, 5) is 8.44. The van der Waals surface area contributed by atoms with Gasteiger partial charge in [0.2, 0.25) is 0 Å². The fourth-order valence-corrected chi connectivity index (χ4v) is 2.23. The van der Waals surface area contributed by atoms with Crippen molar-refractivity contribution in [3.8, 4) is 0 Å². The number of hydrogen-bond acceptors (Lipinski definition) is 8. The molecule has 0 radical (unpaired) electrons. The zero-order valence-corrected chi connectivity index (χ0v) is 15.7. The van der Waals surface area contributed by atoms with Crippen LogP contribution in [0.4, 0.5) is 0 Å². The lowest BCUT2D eigenvalue weighted by Crippen LogP contribution is -2.40. The molecule has 0 aliphatic heterocycles. The van der Waals surface area contributed by atoms with E-state index in [0.29, 0.717) is 33.0 Å². The van der Waals surface area contributed by atoms with Crippen LogP contribution in [0.15, 0.2) is 0 Å². The highest BCUT2D eigenvalue weighted by atomic mass is 16.5. The van der Waals surface area contributed by atoms with E-state index in [4.69, 9.17) is 14.9 Å². The summed E-state index contributed by atoms with van der Waals surface area (Å²) in [7, 11) is 6.15. The molecule has 0 spiro atoms. The smallest absolute Gasteiger partial charge is 0.0988 e. The minimum Gasteiger partial charge on any atom is -0.395 e. The Morgan fingerprint density at radius 3 is 1.58 bits per heavy atom. The number of rotatable bonds is 17. The summed E-state index contributed by atoms with van der Waals surface area (Å²) >= 11 is 0. The number of aliphatic hydroxyl groups is 3. The summed E-state index contributed by atoms with van der Waals surface area (Å²) in [6.45, 7) is 7.47. The van der Waals surface area contributed by atoms with Gasteiger partial charge in [-0.2, -0.15) is 0 Å². The van der Waals surface area contributed by atoms with Crippen molar-refractivity contribution >= 4 is 0 Å². The summed E-state index contributed by atoms with van der Waals surface area (Å²) in [6, 6.07) is 0. The van der Waals surface area contributed by atoms with Gasteiger partial charge < -0.3 is 25.0 Å². The van der Waals surface area contributed by atoms with Crippen LogP contribution < -0.4 is 0 Å². The van der Waals surface area contributed by atoms with E-state index >= 15 is 0 Å². The number of aliphatic hydroxyl groups excluding tert-OH is 3. The summed E-state index contributed by atoms with van der Waals surface area (Å²) < 4.78 is 5.70. The molecule has 0 aromatic carbocycles. The lowest BCUT2D eigenvalue weighted by atomic mass is 10.4. The Bertz CT molecular complexity index is 266. The Labute approximate surface area is 147 Å². The molecule has 0 heterocycles. The quantitative estimate of drug-likeness (QED) is 0.206. The first-order chi connectivity index (χ1) is 11.5. The van der Waals surface area contributed by atoms with Crippen LogP contribution in [0.1, 0.15) is 0 Å². The van der Waals surface area contributed by atoms with Crippen LogP contribution in [-0.4, -0.2) is 142 Å². The van der Waals surface area contributed by atoms with E-state index in [0.717, 1.165) is 32.7 Å². The minimum atomic E-state index is 0.0857. The first-order valence-electron chi connectivity index (χ1n) is 8.71. The molecular weight excluding hydrogens is 312 g/mol. The van der Waals surface area contributed by atoms with Gasteiger partial charge in [0, 0.05) is 52.4 Å². The normalized spacial score (nSPS) is 12.2. The highest BCUT2D eigenvalue weighted by molar-refractivity contribution is 4.63. The molecule has 0 aromatic rings. The lowest BCUT2D eigenvalue weighted by molar-refractivity contribution is 0.0244. The molecule has 8 nitrogen and oxygen atoms in total. The van der Waals surface area contributed by atoms with Crippen LogP contribution in [0.5, 0.6) is 0 Å². The minimum absolute atomic E-state index is 0.0857. The molecule has 0 atom stereocenters. The summed E-state index contributed by atoms with van der Waals surface area (Å²) in [5.74, 6) is 0. The van der Waals surface area contributed by atoms with E-state index in [1.807, 2.05) is 11.9 Å². The van der Waals surface area contributed by atoms with Crippen LogP contribution in [0, 0.1) is 0 Å². The highest BCUT2D eigenvalue weighted by Gasteiger charge is 2.09. The zero-order valence-electron chi connectivity index (χ0n) is 15.7. The summed E-state index contributed by atoms with van der Waals surface area (Å²) in [5.41, 5.74) is 0. The Kier molecular flexibility index (Phi) is 15.9. The van der Waals surface area contributed by atoms with Gasteiger partial charge in [-0.3, -0.25) is 14.7 Å². The maximum Gasteiger partial charge on any atom is 0.0988 e. The second-order valence-electron chi connectivity index (χ2n) is 6.27. The van der Waals surface area contributed by atoms with Gasteiger partial charge in [0.25, 0.3) is 0 Å². The Hall–Kier alpha value is -0.320. The van der Waals surface area contributed by atoms with Gasteiger partial charge >= 0.3 is 0 Å². The van der Waals surface area contributed by atoms with Crippen LogP contribution >= 0.6 is 0 Å². The van der Waals surface area contributed by atoms with E-state index < -0.39 is 0 Å². The summed E-state index contributed by atoms with van der Waals surface area (Å²) in [6.07, 6.45) is 0. The van der Waals surface area contributed by atoms with Crippen molar-refractivity contribution in [1.82, 2.24) is 19.6 Å². The molecular formula is C16H38N4O4. The molecule has 0 aromatic heterocycles. The van der Waals surface area contributed by atoms with Gasteiger partial charge in [-0.1, -0.05) is 0 Å². The number of ether oxygens (including phenoxy) is 1. The average Bonchev–Trinajstić information content (AvgIpc) is 2.54. The third-order valence-electron chi connectivity index (χ3n) is 3.77. The second kappa shape index (κ2) is 16.2. The second-order valence-corrected chi connectivity index (χ2v) is 6.27. The van der Waals surface area contributed by atoms with E-state index in [9.17, 15) is 5.11 Å². The number of likely N-dealkylation sites (N-methyl/N-ethyl adjacent to an activating group) is 2. The van der Waals surface area contributed by atoms with Crippen molar-refractivity contribution in [3.05, 3.63) is 0 Å². The maximum atomic E-state index is 9.19. The van der Waals surface area contributed by atoms with E-state index in [1.54, 1.807) is 0 Å². The van der Waals surface area contributed by atoms with E-state index in [2.05, 4.69) is 28.8 Å². The van der Waals surface area contributed by atoms with Gasteiger partial charge in [0.15, 0.2) is 0 Å². The molecule has 0 unspecified atom stereocenters. The molecule has 0 amide bonds. The largest absolute Gasteiger partial charge is 0.395 e. The van der Waals surface area contributed by atoms with Crippen LogP contribution in [0.3, 0.4) is 0 Å². The molecule has 0 fully saturated rings. The summed E-state index contributed by atoms with van der Waals surface area (Å²) in [5, 5.41) is 27.2. The van der Waals surface area contributed by atoms with Gasteiger partial charge in [-0.25, -0.2) is 0 Å². The first kappa shape index (κ1) is 23.7. The van der Waals surface area contributed by atoms with Crippen molar-refractivity contribution in [1.29, 1.82) is 0 Å². The fourth-order valence-electron chi connectivity index (χ4n) is 2.23. The predicted octanol–water partition coefficient (Wildman–Crippen LogP) is -1.97. The maximum absolute atomic E-state index is 9.19. The van der Waals surface area contributed by atoms with Crippen LogP contribution in [0.25, 0.3) is 0 Å². The molecule has 3 N–H and O–H groups in total. The van der Waals surface area contributed by atoms with Gasteiger partial charge in [-0.05, 0) is 21.1 Å². The predicted molar refractivity (Wildman–Crippen MR) is 96.1 cm³/mol. The Morgan fingerprint density at radius 1 is 0.625 bits per heavy atom. The molecule has 24 heavy (non-hydrogen) atoms. The average molecular weight is 351 g/mol. The molecule has 0 rings (SSSR count). The SMILES string of the molecule is CN(C)CCN(C)COCCN(CCO)CCN(CCO)CCO. The van der Waals surface area contributed by atoms with Crippen molar-refractivity contribution in [2.24, 2.45) is 0 Å². The Balaban J connectivity index is 3.93. The third kappa shape index (κ3) is 14.1. The molecule has 0 bridgehead atoms. The number of hydrogen-bond donors (Lipinski definition) is 3. The van der Waals surface area contributed by atoms with Gasteiger partial charge in [-0.15, -0.1) is 0 Å². The zero-order chi connectivity index (χ0) is 18.2. The third-order valence-corrected chi connectivity index (χ3v) is 3.77. The lowest BCUT2D eigenvalue weighted by Gasteiger charge is -2.27. The monoisotopic (exact) mass is 350 g/mol. The molecule has 0 saturated carbocycles. The van der Waals surface area contributed by atoms with E-state index in [-0.39, 0.29) is 19.8 Å². The standard InChI is InChI=1S/C16H38N4O4/c1-17(2)4-5-18(3)16-24-15-11-20(10-14-23)7-6-19(8-12-21)9-13-22/h21-23H,4-16H2,1-3H3. The number of nitrogens with zero attached hydrogens (tertiary/aromatic N) is 4. The topological polar surface area (TPSA) is 82.9 Å². The van der Waals surface area contributed by atoms with Crippen LogP contribution in [0.2, 0.25) is 0 Å². The van der Waals surface area contributed by atoms with Crippen molar-refractivity contribution in [2.75, 3.05) is 107 Å². The highest BCUT2D eigenvalue weighted by Crippen LogP contribution is 1.94. The molecule has 0 aliphatic carbocycles. The van der Waals surface area contributed by atoms with Gasteiger partial charge in [0.05, 0.1) is 33.2 Å². The Morgan fingerprint density at radius 2 is 1.12 bits per heavy atom. The molecule has 146 valence electrons. The fraction of sp³-hybridized carbons (Fsp3) is 1.00.